The van der Waals surface area contributed by atoms with Crippen LogP contribution in [0.1, 0.15) is 50.5 Å². The predicted octanol–water partition coefficient (Wildman–Crippen LogP) is 2.30. The van der Waals surface area contributed by atoms with Crippen LogP contribution in [0.3, 0.4) is 0 Å². The number of carbonyl (C=O) groups is 1. The van der Waals surface area contributed by atoms with Gasteiger partial charge in [-0.1, -0.05) is 19.3 Å². The van der Waals surface area contributed by atoms with Gasteiger partial charge in [0.2, 0.25) is 15.9 Å². The quantitative estimate of drug-likeness (QED) is 0.833. The van der Waals surface area contributed by atoms with E-state index in [1.807, 2.05) is 6.07 Å². The molecule has 0 spiro atoms. The van der Waals surface area contributed by atoms with Gasteiger partial charge in [0.1, 0.15) is 5.54 Å². The fourth-order valence-electron chi connectivity index (χ4n) is 3.97. The van der Waals surface area contributed by atoms with Crippen molar-refractivity contribution >= 4 is 15.9 Å². The summed E-state index contributed by atoms with van der Waals surface area (Å²) in [5.41, 5.74) is -0.357. The summed E-state index contributed by atoms with van der Waals surface area (Å²) in [4.78, 5) is 12.8. The summed E-state index contributed by atoms with van der Waals surface area (Å²) >= 11 is 0. The maximum Gasteiger partial charge on any atom is 0.243 e. The first-order valence-corrected chi connectivity index (χ1v) is 11.1. The van der Waals surface area contributed by atoms with Gasteiger partial charge in [0.15, 0.2) is 0 Å². The van der Waals surface area contributed by atoms with Crippen LogP contribution in [0.2, 0.25) is 0 Å². The lowest BCUT2D eigenvalue weighted by molar-refractivity contribution is -0.127. The van der Waals surface area contributed by atoms with E-state index in [-0.39, 0.29) is 29.8 Å². The van der Waals surface area contributed by atoms with E-state index in [0.717, 1.165) is 19.3 Å². The van der Waals surface area contributed by atoms with Crippen molar-refractivity contribution in [1.29, 1.82) is 10.5 Å². The SMILES string of the molecule is N#Cc1ccc(S(=O)(=O)N2CCC(C(=O)NC3(C#N)CCCCC3)CC2)cc1. The lowest BCUT2D eigenvalue weighted by atomic mass is 9.82. The second-order valence-corrected chi connectivity index (χ2v) is 9.50. The Kier molecular flexibility index (Phi) is 6.02. The van der Waals surface area contributed by atoms with Crippen LogP contribution >= 0.6 is 0 Å². The van der Waals surface area contributed by atoms with Gasteiger partial charge < -0.3 is 5.32 Å². The van der Waals surface area contributed by atoms with Gasteiger partial charge in [0.25, 0.3) is 0 Å². The number of nitrogens with one attached hydrogen (secondary N) is 1. The maximum absolute atomic E-state index is 12.8. The molecule has 0 radical (unpaired) electrons. The molecule has 28 heavy (non-hydrogen) atoms. The Labute approximate surface area is 166 Å². The molecule has 1 N–H and O–H groups in total. The predicted molar refractivity (Wildman–Crippen MR) is 102 cm³/mol. The van der Waals surface area contributed by atoms with E-state index in [2.05, 4.69) is 11.4 Å². The molecule has 2 fully saturated rings. The van der Waals surface area contributed by atoms with E-state index < -0.39 is 15.6 Å². The smallest absolute Gasteiger partial charge is 0.243 e. The molecule has 1 amide bonds. The van der Waals surface area contributed by atoms with E-state index in [9.17, 15) is 18.5 Å². The number of carbonyl (C=O) groups excluding carboxylic acids is 1. The summed E-state index contributed by atoms with van der Waals surface area (Å²) in [5.74, 6) is -0.418. The average molecular weight is 401 g/mol. The Morgan fingerprint density at radius 3 is 2.21 bits per heavy atom. The third-order valence-corrected chi connectivity index (χ3v) is 7.64. The van der Waals surface area contributed by atoms with Crippen LogP contribution in [-0.4, -0.2) is 37.3 Å². The number of hydrogen-bond acceptors (Lipinski definition) is 5. The fraction of sp³-hybridized carbons (Fsp3) is 0.550. The lowest BCUT2D eigenvalue weighted by Crippen LogP contribution is -2.52. The summed E-state index contributed by atoms with van der Waals surface area (Å²) < 4.78 is 26.9. The number of nitriles is 2. The zero-order valence-corrected chi connectivity index (χ0v) is 16.5. The van der Waals surface area contributed by atoms with Gasteiger partial charge in [-0.3, -0.25) is 4.79 Å². The number of rotatable bonds is 4. The normalized spacial score (nSPS) is 20.6. The first kappa shape index (κ1) is 20.3. The summed E-state index contributed by atoms with van der Waals surface area (Å²) in [6.45, 7) is 0.528. The molecule has 0 bridgehead atoms. The molecule has 1 saturated carbocycles. The second kappa shape index (κ2) is 8.30. The first-order valence-electron chi connectivity index (χ1n) is 9.64. The number of benzene rings is 1. The lowest BCUT2D eigenvalue weighted by Gasteiger charge is -2.35. The molecular formula is C20H24N4O3S. The molecule has 1 aromatic carbocycles. The van der Waals surface area contributed by atoms with Crippen LogP contribution in [0.15, 0.2) is 29.2 Å². The minimum Gasteiger partial charge on any atom is -0.338 e. The van der Waals surface area contributed by atoms with Gasteiger partial charge in [0, 0.05) is 19.0 Å². The van der Waals surface area contributed by atoms with E-state index in [4.69, 9.17) is 5.26 Å². The van der Waals surface area contributed by atoms with Crippen molar-refractivity contribution in [3.05, 3.63) is 29.8 Å². The Morgan fingerprint density at radius 2 is 1.68 bits per heavy atom. The molecule has 2 aliphatic rings. The highest BCUT2D eigenvalue weighted by Gasteiger charge is 2.37. The van der Waals surface area contributed by atoms with Gasteiger partial charge in [-0.2, -0.15) is 14.8 Å². The summed E-state index contributed by atoms with van der Waals surface area (Å²) in [7, 11) is -3.64. The molecule has 3 rings (SSSR count). The van der Waals surface area contributed by atoms with Crippen LogP contribution in [0.5, 0.6) is 0 Å². The molecule has 1 heterocycles. The zero-order valence-electron chi connectivity index (χ0n) is 15.7. The molecule has 0 aromatic heterocycles. The van der Waals surface area contributed by atoms with Crippen molar-refractivity contribution in [3.8, 4) is 12.1 Å². The van der Waals surface area contributed by atoms with Crippen molar-refractivity contribution < 1.29 is 13.2 Å². The Bertz CT molecular complexity index is 898. The van der Waals surface area contributed by atoms with E-state index in [1.165, 1.54) is 28.6 Å². The van der Waals surface area contributed by atoms with E-state index in [1.54, 1.807) is 0 Å². The second-order valence-electron chi connectivity index (χ2n) is 7.56. The number of nitrogens with zero attached hydrogens (tertiary/aromatic N) is 3. The highest BCUT2D eigenvalue weighted by atomic mass is 32.2. The summed E-state index contributed by atoms with van der Waals surface area (Å²) in [5, 5.41) is 21.3. The van der Waals surface area contributed by atoms with Crippen molar-refractivity contribution in [2.45, 2.75) is 55.4 Å². The molecule has 1 aliphatic carbocycles. The molecule has 8 heteroatoms. The van der Waals surface area contributed by atoms with E-state index in [0.29, 0.717) is 31.2 Å². The molecule has 0 unspecified atom stereocenters. The minimum absolute atomic E-state index is 0.140. The Morgan fingerprint density at radius 1 is 1.07 bits per heavy atom. The van der Waals surface area contributed by atoms with Gasteiger partial charge in [-0.15, -0.1) is 0 Å². The Balaban J connectivity index is 1.61. The number of sulfonamides is 1. The highest BCUT2D eigenvalue weighted by Crippen LogP contribution is 2.29. The molecular weight excluding hydrogens is 376 g/mol. The zero-order chi connectivity index (χ0) is 20.2. The van der Waals surface area contributed by atoms with Gasteiger partial charge >= 0.3 is 0 Å². The Hall–Kier alpha value is -2.42. The molecule has 0 atom stereocenters. The van der Waals surface area contributed by atoms with Crippen LogP contribution in [-0.2, 0) is 14.8 Å². The molecule has 1 aromatic rings. The van der Waals surface area contributed by atoms with Gasteiger partial charge in [0.05, 0.1) is 22.6 Å². The number of hydrogen-bond donors (Lipinski definition) is 1. The van der Waals surface area contributed by atoms with Crippen LogP contribution < -0.4 is 5.32 Å². The summed E-state index contributed by atoms with van der Waals surface area (Å²) in [6, 6.07) is 10.1. The van der Waals surface area contributed by atoms with E-state index >= 15 is 0 Å². The van der Waals surface area contributed by atoms with Crippen LogP contribution in [0, 0.1) is 28.6 Å². The third kappa shape index (κ3) is 4.19. The van der Waals surface area contributed by atoms with Crippen molar-refractivity contribution in [3.63, 3.8) is 0 Å². The van der Waals surface area contributed by atoms with Crippen LogP contribution in [0.4, 0.5) is 0 Å². The first-order chi connectivity index (χ1) is 13.4. The van der Waals surface area contributed by atoms with Crippen LogP contribution in [0.25, 0.3) is 0 Å². The third-order valence-electron chi connectivity index (χ3n) is 5.73. The largest absolute Gasteiger partial charge is 0.338 e. The number of piperidine rings is 1. The van der Waals surface area contributed by atoms with Crippen molar-refractivity contribution in [2.24, 2.45) is 5.92 Å². The minimum atomic E-state index is -3.64. The number of amides is 1. The van der Waals surface area contributed by atoms with Crippen molar-refractivity contribution in [2.75, 3.05) is 13.1 Å². The fourth-order valence-corrected chi connectivity index (χ4v) is 5.44. The van der Waals surface area contributed by atoms with Gasteiger partial charge in [-0.05, 0) is 49.9 Å². The van der Waals surface area contributed by atoms with Gasteiger partial charge in [-0.25, -0.2) is 8.42 Å². The topological polar surface area (TPSA) is 114 Å². The molecule has 1 saturated heterocycles. The molecule has 7 nitrogen and oxygen atoms in total. The summed E-state index contributed by atoms with van der Waals surface area (Å²) in [6.07, 6.45) is 5.20. The molecule has 148 valence electrons. The standard InChI is InChI=1S/C20H24N4O3S/c21-14-16-4-6-18(7-5-16)28(26,27)24-12-8-17(9-13-24)19(25)23-20(15-22)10-2-1-3-11-20/h4-7,17H,1-3,8-13H2,(H,23,25). The maximum atomic E-state index is 12.8. The monoisotopic (exact) mass is 400 g/mol. The van der Waals surface area contributed by atoms with Crippen molar-refractivity contribution in [1.82, 2.24) is 9.62 Å². The molecule has 1 aliphatic heterocycles. The highest BCUT2D eigenvalue weighted by molar-refractivity contribution is 7.89. The average Bonchev–Trinajstić information content (AvgIpc) is 2.74.